The molecule has 0 radical (unpaired) electrons. The monoisotopic (exact) mass is 313 g/mol. The predicted molar refractivity (Wildman–Crippen MR) is 80.6 cm³/mol. The number of carbonyl (C=O) groups is 2. The number of ether oxygens (including phenoxy) is 2. The molecule has 5 nitrogen and oxygen atoms in total. The van der Waals surface area contributed by atoms with Crippen LogP contribution >= 0.6 is 11.6 Å². The Bertz CT molecular complexity index is 504. The van der Waals surface area contributed by atoms with Crippen molar-refractivity contribution in [2.75, 3.05) is 26.3 Å². The highest BCUT2D eigenvalue weighted by Crippen LogP contribution is 2.20. The van der Waals surface area contributed by atoms with E-state index in [1.807, 2.05) is 6.92 Å². The van der Waals surface area contributed by atoms with Crippen molar-refractivity contribution >= 4 is 23.5 Å². The molecular weight excluding hydrogens is 294 g/mol. The first-order valence-corrected chi connectivity index (χ1v) is 7.18. The van der Waals surface area contributed by atoms with Crippen LogP contribution in [0.1, 0.15) is 19.4 Å². The third-order valence-corrected chi connectivity index (χ3v) is 3.28. The van der Waals surface area contributed by atoms with Crippen LogP contribution in [0.4, 0.5) is 0 Å². The van der Waals surface area contributed by atoms with Gasteiger partial charge in [0.25, 0.3) is 5.91 Å². The number of hydrogen-bond donors (Lipinski definition) is 0. The molecule has 0 N–H and O–H groups in total. The molecule has 116 valence electrons. The number of rotatable bonds is 7. The van der Waals surface area contributed by atoms with Crippen molar-refractivity contribution in [1.29, 1.82) is 0 Å². The minimum Gasteiger partial charge on any atom is -0.484 e. The Kier molecular flexibility index (Phi) is 7.02. The summed E-state index contributed by atoms with van der Waals surface area (Å²) >= 11 is 5.92. The first-order chi connectivity index (χ1) is 9.97. The zero-order chi connectivity index (χ0) is 15.8. The highest BCUT2D eigenvalue weighted by Gasteiger charge is 2.16. The Morgan fingerprint density at radius 2 is 2.00 bits per heavy atom. The van der Waals surface area contributed by atoms with Crippen molar-refractivity contribution in [2.45, 2.75) is 20.8 Å². The summed E-state index contributed by atoms with van der Waals surface area (Å²) < 4.78 is 10.3. The number of aryl methyl sites for hydroxylation is 1. The van der Waals surface area contributed by atoms with Crippen LogP contribution in [0.5, 0.6) is 5.75 Å². The number of nitrogens with zero attached hydrogens (tertiary/aromatic N) is 1. The summed E-state index contributed by atoms with van der Waals surface area (Å²) in [6, 6.07) is 5.17. The van der Waals surface area contributed by atoms with Gasteiger partial charge in [0.1, 0.15) is 12.3 Å². The maximum atomic E-state index is 12.0. The van der Waals surface area contributed by atoms with Crippen molar-refractivity contribution in [1.82, 2.24) is 4.90 Å². The maximum absolute atomic E-state index is 12.0. The molecule has 0 aliphatic carbocycles. The Labute approximate surface area is 129 Å². The second-order valence-electron chi connectivity index (χ2n) is 4.41. The van der Waals surface area contributed by atoms with Crippen LogP contribution in [-0.2, 0) is 14.3 Å². The molecule has 0 aliphatic heterocycles. The minimum atomic E-state index is -0.421. The molecule has 0 aromatic heterocycles. The van der Waals surface area contributed by atoms with Crippen LogP contribution in [0, 0.1) is 6.92 Å². The minimum absolute atomic E-state index is 0.0633. The zero-order valence-corrected chi connectivity index (χ0v) is 13.3. The van der Waals surface area contributed by atoms with Crippen molar-refractivity contribution in [3.8, 4) is 5.75 Å². The molecule has 1 amide bonds. The van der Waals surface area contributed by atoms with E-state index in [0.29, 0.717) is 23.9 Å². The van der Waals surface area contributed by atoms with E-state index < -0.39 is 5.97 Å². The van der Waals surface area contributed by atoms with Crippen LogP contribution < -0.4 is 4.74 Å². The summed E-state index contributed by atoms with van der Waals surface area (Å²) in [5.74, 6) is -0.120. The SMILES string of the molecule is CCOC(=O)CN(CC)C(=O)COc1ccc(Cl)c(C)c1. The molecule has 0 spiro atoms. The van der Waals surface area contributed by atoms with Gasteiger partial charge < -0.3 is 14.4 Å². The average molecular weight is 314 g/mol. The van der Waals surface area contributed by atoms with Crippen LogP contribution in [0.3, 0.4) is 0 Å². The summed E-state index contributed by atoms with van der Waals surface area (Å²) in [4.78, 5) is 24.8. The fraction of sp³-hybridized carbons (Fsp3) is 0.467. The number of hydrogen-bond acceptors (Lipinski definition) is 4. The Morgan fingerprint density at radius 1 is 1.29 bits per heavy atom. The number of carbonyl (C=O) groups excluding carboxylic acids is 2. The van der Waals surface area contributed by atoms with Gasteiger partial charge in [-0.2, -0.15) is 0 Å². The molecule has 0 unspecified atom stereocenters. The van der Waals surface area contributed by atoms with Gasteiger partial charge >= 0.3 is 5.97 Å². The van der Waals surface area contributed by atoms with E-state index in [2.05, 4.69) is 0 Å². The van der Waals surface area contributed by atoms with E-state index in [0.717, 1.165) is 5.56 Å². The molecule has 0 bridgehead atoms. The van der Waals surface area contributed by atoms with Crippen molar-refractivity contribution in [3.05, 3.63) is 28.8 Å². The van der Waals surface area contributed by atoms with E-state index in [9.17, 15) is 9.59 Å². The molecule has 0 saturated heterocycles. The van der Waals surface area contributed by atoms with Gasteiger partial charge in [0.15, 0.2) is 6.61 Å². The number of benzene rings is 1. The van der Waals surface area contributed by atoms with Crippen molar-refractivity contribution < 1.29 is 19.1 Å². The van der Waals surface area contributed by atoms with Crippen LogP contribution in [0.15, 0.2) is 18.2 Å². The smallest absolute Gasteiger partial charge is 0.325 e. The summed E-state index contributed by atoms with van der Waals surface area (Å²) in [7, 11) is 0. The van der Waals surface area contributed by atoms with Gasteiger partial charge in [-0.15, -0.1) is 0 Å². The molecule has 0 saturated carbocycles. The fourth-order valence-electron chi connectivity index (χ4n) is 1.68. The first-order valence-electron chi connectivity index (χ1n) is 6.80. The Balaban J connectivity index is 2.54. The molecule has 1 aromatic rings. The number of halogens is 1. The van der Waals surface area contributed by atoms with Crippen LogP contribution in [0.2, 0.25) is 5.02 Å². The van der Waals surface area contributed by atoms with E-state index in [1.54, 1.807) is 32.0 Å². The molecule has 6 heteroatoms. The third-order valence-electron chi connectivity index (χ3n) is 2.85. The normalized spacial score (nSPS) is 10.1. The molecule has 1 aromatic carbocycles. The fourth-order valence-corrected chi connectivity index (χ4v) is 1.80. The molecule has 0 aliphatic rings. The highest BCUT2D eigenvalue weighted by molar-refractivity contribution is 6.31. The lowest BCUT2D eigenvalue weighted by molar-refractivity contribution is -0.149. The van der Waals surface area contributed by atoms with E-state index >= 15 is 0 Å². The lowest BCUT2D eigenvalue weighted by atomic mass is 10.2. The molecule has 0 fully saturated rings. The van der Waals surface area contributed by atoms with Gasteiger partial charge in [0, 0.05) is 11.6 Å². The lowest BCUT2D eigenvalue weighted by Gasteiger charge is -2.20. The third kappa shape index (κ3) is 5.63. The quantitative estimate of drug-likeness (QED) is 0.726. The number of amides is 1. The predicted octanol–water partition coefficient (Wildman–Crippen LogP) is 2.44. The average Bonchev–Trinajstić information content (AvgIpc) is 2.46. The molecular formula is C15H20ClNO4. The zero-order valence-electron chi connectivity index (χ0n) is 12.5. The summed E-state index contributed by atoms with van der Waals surface area (Å²) in [6.07, 6.45) is 0. The topological polar surface area (TPSA) is 55.8 Å². The Hall–Kier alpha value is -1.75. The van der Waals surface area contributed by atoms with Gasteiger partial charge in [0.05, 0.1) is 6.61 Å². The van der Waals surface area contributed by atoms with Crippen LogP contribution in [-0.4, -0.2) is 43.1 Å². The van der Waals surface area contributed by atoms with Gasteiger partial charge in [-0.05, 0) is 44.5 Å². The van der Waals surface area contributed by atoms with Crippen molar-refractivity contribution in [3.63, 3.8) is 0 Å². The molecule has 1 rings (SSSR count). The van der Waals surface area contributed by atoms with Gasteiger partial charge in [-0.1, -0.05) is 11.6 Å². The van der Waals surface area contributed by atoms with Crippen LogP contribution in [0.25, 0.3) is 0 Å². The summed E-state index contributed by atoms with van der Waals surface area (Å²) in [5.41, 5.74) is 0.875. The summed E-state index contributed by atoms with van der Waals surface area (Å²) in [5, 5.41) is 0.645. The Morgan fingerprint density at radius 3 is 2.57 bits per heavy atom. The second kappa shape index (κ2) is 8.52. The molecule has 21 heavy (non-hydrogen) atoms. The standard InChI is InChI=1S/C15H20ClNO4/c1-4-17(9-15(19)20-5-2)14(18)10-21-12-6-7-13(16)11(3)8-12/h6-8H,4-5,9-10H2,1-3H3. The van der Waals surface area contributed by atoms with E-state index in [4.69, 9.17) is 21.1 Å². The van der Waals surface area contributed by atoms with Gasteiger partial charge in [-0.25, -0.2) is 0 Å². The molecule has 0 atom stereocenters. The number of esters is 1. The maximum Gasteiger partial charge on any atom is 0.325 e. The largest absolute Gasteiger partial charge is 0.484 e. The highest BCUT2D eigenvalue weighted by atomic mass is 35.5. The first kappa shape index (κ1) is 17.3. The summed E-state index contributed by atoms with van der Waals surface area (Å²) in [6.45, 7) is 5.90. The van der Waals surface area contributed by atoms with E-state index in [-0.39, 0.29) is 19.1 Å². The number of likely N-dealkylation sites (N-methyl/N-ethyl adjacent to an activating group) is 1. The van der Waals surface area contributed by atoms with Gasteiger partial charge in [-0.3, -0.25) is 9.59 Å². The van der Waals surface area contributed by atoms with Crippen molar-refractivity contribution in [2.24, 2.45) is 0 Å². The van der Waals surface area contributed by atoms with Gasteiger partial charge in [0.2, 0.25) is 0 Å². The second-order valence-corrected chi connectivity index (χ2v) is 4.82. The lowest BCUT2D eigenvalue weighted by Crippen LogP contribution is -2.39. The molecule has 0 heterocycles. The van der Waals surface area contributed by atoms with E-state index in [1.165, 1.54) is 4.90 Å².